The summed E-state index contributed by atoms with van der Waals surface area (Å²) >= 11 is 0. The number of carbonyl (C=O) groups excluding carboxylic acids is 1. The molecule has 0 N–H and O–H groups in total. The molecule has 0 saturated carbocycles. The van der Waals surface area contributed by atoms with E-state index in [0.717, 1.165) is 25.0 Å². The van der Waals surface area contributed by atoms with Crippen molar-refractivity contribution in [1.29, 1.82) is 0 Å². The van der Waals surface area contributed by atoms with E-state index in [1.807, 2.05) is 85.8 Å². The van der Waals surface area contributed by atoms with Crippen molar-refractivity contribution in [3.63, 3.8) is 0 Å². The molecule has 204 valence electrons. The molecule has 1 heterocycles. The lowest BCUT2D eigenvalue weighted by Gasteiger charge is -2.05. The van der Waals surface area contributed by atoms with Crippen LogP contribution in [0.4, 0.5) is 0 Å². The molecule has 0 aliphatic carbocycles. The number of carbonyl (C=O) groups is 1. The Hall–Kier alpha value is -4.63. The predicted molar refractivity (Wildman–Crippen MR) is 171 cm³/mol. The average molecular weight is 522 g/mol. The SMILES string of the molecule is C=C(C)c1ccccc1.C=CCc1ccccc1.C=CN1CCCC1=O.C=COC=C.C=Cc1ccccc1. The van der Waals surface area contributed by atoms with Crippen LogP contribution < -0.4 is 0 Å². The largest absolute Gasteiger partial charge is 0.474 e. The van der Waals surface area contributed by atoms with Crippen molar-refractivity contribution in [3.8, 4) is 0 Å². The summed E-state index contributed by atoms with van der Waals surface area (Å²) in [7, 11) is 0. The van der Waals surface area contributed by atoms with Crippen LogP contribution in [0.2, 0.25) is 0 Å². The molecule has 1 fully saturated rings. The van der Waals surface area contributed by atoms with E-state index in [2.05, 4.69) is 68.5 Å². The van der Waals surface area contributed by atoms with Crippen molar-refractivity contribution < 1.29 is 9.53 Å². The van der Waals surface area contributed by atoms with Crippen LogP contribution in [0.15, 0.2) is 155 Å². The van der Waals surface area contributed by atoms with E-state index in [9.17, 15) is 4.79 Å². The topological polar surface area (TPSA) is 29.5 Å². The normalized spacial score (nSPS) is 10.6. The van der Waals surface area contributed by atoms with Gasteiger partial charge in [-0.05, 0) is 42.7 Å². The molecule has 3 aromatic carbocycles. The number of hydrogen-bond acceptors (Lipinski definition) is 2. The van der Waals surface area contributed by atoms with Crippen molar-refractivity contribution in [3.05, 3.63) is 172 Å². The molecule has 3 nitrogen and oxygen atoms in total. The number of ether oxygens (including phenoxy) is 1. The Balaban J connectivity index is 0.000000469. The van der Waals surface area contributed by atoms with Gasteiger partial charge in [0.15, 0.2) is 0 Å². The number of benzene rings is 3. The Morgan fingerprint density at radius 3 is 1.62 bits per heavy atom. The summed E-state index contributed by atoms with van der Waals surface area (Å²) in [4.78, 5) is 12.3. The van der Waals surface area contributed by atoms with Gasteiger partial charge in [-0.3, -0.25) is 4.79 Å². The fourth-order valence-electron chi connectivity index (χ4n) is 3.02. The van der Waals surface area contributed by atoms with E-state index in [1.165, 1.54) is 29.2 Å². The number of hydrogen-bond donors (Lipinski definition) is 0. The van der Waals surface area contributed by atoms with Gasteiger partial charge in [0.25, 0.3) is 0 Å². The van der Waals surface area contributed by atoms with Crippen molar-refractivity contribution in [2.75, 3.05) is 6.54 Å². The second-order valence-corrected chi connectivity index (χ2v) is 8.08. The maximum absolute atomic E-state index is 10.7. The van der Waals surface area contributed by atoms with E-state index < -0.39 is 0 Å². The minimum atomic E-state index is 0.208. The first-order chi connectivity index (χ1) is 18.9. The molecule has 1 amide bonds. The molecule has 0 aromatic heterocycles. The minimum Gasteiger partial charge on any atom is -0.474 e. The highest BCUT2D eigenvalue weighted by atomic mass is 16.5. The van der Waals surface area contributed by atoms with E-state index in [0.29, 0.717) is 6.42 Å². The van der Waals surface area contributed by atoms with Crippen molar-refractivity contribution in [2.45, 2.75) is 26.2 Å². The van der Waals surface area contributed by atoms with Gasteiger partial charge >= 0.3 is 0 Å². The zero-order valence-corrected chi connectivity index (χ0v) is 23.4. The minimum absolute atomic E-state index is 0.208. The molecule has 0 atom stereocenters. The van der Waals surface area contributed by atoms with Crippen LogP contribution >= 0.6 is 0 Å². The standard InChI is InChI=1S/2C9H10.C8H8.C6H9NO.C4H6O/c1-8(2)9-6-4-3-5-7-9;1-2-6-9-7-4-3-5-8-9;1-2-8-6-4-3-5-7-8;1-2-7-5-3-4-6(7)8;1-3-5-4-2/h3-7H,1H2,2H3;2-5,7-8H,1,6H2;2-7H,1H2;2H,1,3-5H2;3-4H,1-2H2. The third-order valence-electron chi connectivity index (χ3n) is 5.05. The second-order valence-electron chi connectivity index (χ2n) is 8.08. The van der Waals surface area contributed by atoms with Crippen molar-refractivity contribution in [1.82, 2.24) is 4.90 Å². The Labute approximate surface area is 236 Å². The van der Waals surface area contributed by atoms with Crippen LogP contribution in [-0.4, -0.2) is 17.4 Å². The van der Waals surface area contributed by atoms with Gasteiger partial charge in [0.05, 0.1) is 12.5 Å². The number of amides is 1. The van der Waals surface area contributed by atoms with Crippen molar-refractivity contribution in [2.24, 2.45) is 0 Å². The number of nitrogens with zero attached hydrogens (tertiary/aromatic N) is 1. The Kier molecular flexibility index (Phi) is 20.9. The number of rotatable bonds is 7. The van der Waals surface area contributed by atoms with Crippen LogP contribution in [0.1, 0.15) is 36.5 Å². The first-order valence-corrected chi connectivity index (χ1v) is 12.8. The Bertz CT molecular complexity index is 1100. The van der Waals surface area contributed by atoms with Gasteiger partial charge in [0.2, 0.25) is 5.91 Å². The molecule has 0 bridgehead atoms. The van der Waals surface area contributed by atoms with E-state index in [1.54, 1.807) is 11.1 Å². The highest BCUT2D eigenvalue weighted by molar-refractivity contribution is 5.78. The Morgan fingerprint density at radius 2 is 1.33 bits per heavy atom. The highest BCUT2D eigenvalue weighted by Gasteiger charge is 2.16. The molecule has 0 spiro atoms. The first-order valence-electron chi connectivity index (χ1n) is 12.8. The fraction of sp³-hybridized carbons (Fsp3) is 0.139. The van der Waals surface area contributed by atoms with E-state index >= 15 is 0 Å². The lowest BCUT2D eigenvalue weighted by molar-refractivity contribution is -0.125. The first kappa shape index (κ1) is 34.4. The van der Waals surface area contributed by atoms with Gasteiger partial charge in [-0.2, -0.15) is 0 Å². The van der Waals surface area contributed by atoms with Crippen molar-refractivity contribution >= 4 is 17.6 Å². The molecule has 0 unspecified atom stereocenters. The molecule has 1 aliphatic heterocycles. The quantitative estimate of drug-likeness (QED) is 0.229. The van der Waals surface area contributed by atoms with Gasteiger partial charge in [-0.15, -0.1) is 6.58 Å². The fourth-order valence-corrected chi connectivity index (χ4v) is 3.02. The number of likely N-dealkylation sites (tertiary alicyclic amines) is 1. The average Bonchev–Trinajstić information content (AvgIpc) is 3.41. The summed E-state index contributed by atoms with van der Waals surface area (Å²) in [6.07, 6.45) is 10.6. The van der Waals surface area contributed by atoms with Crippen LogP contribution in [-0.2, 0) is 16.0 Å². The highest BCUT2D eigenvalue weighted by Crippen LogP contribution is 2.09. The summed E-state index contributed by atoms with van der Waals surface area (Å²) in [6, 6.07) is 30.5. The zero-order valence-electron chi connectivity index (χ0n) is 23.4. The van der Waals surface area contributed by atoms with Gasteiger partial charge in [0, 0.05) is 13.0 Å². The summed E-state index contributed by atoms with van der Waals surface area (Å²) in [6.45, 7) is 24.0. The lowest BCUT2D eigenvalue weighted by atomic mass is 10.1. The molecule has 0 radical (unpaired) electrons. The maximum Gasteiger partial charge on any atom is 0.226 e. The van der Waals surface area contributed by atoms with Crippen LogP contribution in [0, 0.1) is 0 Å². The van der Waals surface area contributed by atoms with Crippen LogP contribution in [0.3, 0.4) is 0 Å². The number of allylic oxidation sites excluding steroid dienone is 2. The third kappa shape index (κ3) is 18.3. The van der Waals surface area contributed by atoms with E-state index in [-0.39, 0.29) is 5.91 Å². The smallest absolute Gasteiger partial charge is 0.226 e. The van der Waals surface area contributed by atoms with Gasteiger partial charge in [-0.25, -0.2) is 0 Å². The Morgan fingerprint density at radius 1 is 0.821 bits per heavy atom. The van der Waals surface area contributed by atoms with Gasteiger partial charge in [0.1, 0.15) is 0 Å². The lowest BCUT2D eigenvalue weighted by Crippen LogP contribution is -2.16. The molecular formula is C36H43NO2. The summed E-state index contributed by atoms with van der Waals surface area (Å²) in [5, 5.41) is 0. The van der Waals surface area contributed by atoms with E-state index in [4.69, 9.17) is 0 Å². The van der Waals surface area contributed by atoms with Crippen LogP contribution in [0.25, 0.3) is 11.6 Å². The molecule has 1 saturated heterocycles. The molecule has 39 heavy (non-hydrogen) atoms. The molecule has 3 aromatic rings. The zero-order chi connectivity index (χ0) is 29.1. The molecule has 3 heteroatoms. The summed E-state index contributed by atoms with van der Waals surface area (Å²) < 4.78 is 4.36. The molecular weight excluding hydrogens is 478 g/mol. The molecule has 4 rings (SSSR count). The van der Waals surface area contributed by atoms with Gasteiger partial charge < -0.3 is 9.64 Å². The maximum atomic E-state index is 10.7. The predicted octanol–water partition coefficient (Wildman–Crippen LogP) is 9.51. The van der Waals surface area contributed by atoms with Crippen LogP contribution in [0.5, 0.6) is 0 Å². The summed E-state index contributed by atoms with van der Waals surface area (Å²) in [5.74, 6) is 0.208. The third-order valence-corrected chi connectivity index (χ3v) is 5.05. The summed E-state index contributed by atoms with van der Waals surface area (Å²) in [5.41, 5.74) is 4.84. The van der Waals surface area contributed by atoms with Gasteiger partial charge in [-0.1, -0.05) is 142 Å². The molecule has 1 aliphatic rings. The second kappa shape index (κ2) is 23.7. The monoisotopic (exact) mass is 521 g/mol.